The lowest BCUT2D eigenvalue weighted by molar-refractivity contribution is 0.298. The predicted molar refractivity (Wildman–Crippen MR) is 63.0 cm³/mol. The summed E-state index contributed by atoms with van der Waals surface area (Å²) in [7, 11) is 0. The van der Waals surface area contributed by atoms with E-state index in [4.69, 9.17) is 10.8 Å². The zero-order valence-corrected chi connectivity index (χ0v) is 9.57. The second kappa shape index (κ2) is 4.98. The number of hydrogen-bond acceptors (Lipinski definition) is 4. The lowest BCUT2D eigenvalue weighted by Crippen LogP contribution is -2.34. The van der Waals surface area contributed by atoms with Gasteiger partial charge < -0.3 is 15.7 Å². The molecule has 0 radical (unpaired) electrons. The molecule has 0 spiro atoms. The largest absolute Gasteiger partial charge is 0.397 e. The minimum Gasteiger partial charge on any atom is -0.397 e. The van der Waals surface area contributed by atoms with Gasteiger partial charge in [-0.05, 0) is 32.4 Å². The van der Waals surface area contributed by atoms with Crippen molar-refractivity contribution in [3.8, 4) is 0 Å². The number of aromatic nitrogens is 1. The van der Waals surface area contributed by atoms with Crippen molar-refractivity contribution in [2.75, 3.05) is 23.8 Å². The first-order valence-electron chi connectivity index (χ1n) is 5.16. The number of nitrogen functional groups attached to an aromatic ring is 1. The second-order valence-electron chi connectivity index (χ2n) is 3.91. The van der Waals surface area contributed by atoms with Crippen molar-refractivity contribution in [1.82, 2.24) is 4.98 Å². The summed E-state index contributed by atoms with van der Waals surface area (Å²) in [6, 6.07) is 2.26. The maximum atomic E-state index is 8.98. The Hall–Kier alpha value is -1.29. The van der Waals surface area contributed by atoms with E-state index in [2.05, 4.69) is 18.8 Å². The number of aliphatic hydroxyl groups excluding tert-OH is 1. The molecule has 0 saturated carbocycles. The third kappa shape index (κ3) is 2.83. The molecule has 15 heavy (non-hydrogen) atoms. The van der Waals surface area contributed by atoms with Crippen molar-refractivity contribution >= 4 is 11.5 Å². The van der Waals surface area contributed by atoms with Crippen LogP contribution in [0.15, 0.2) is 12.3 Å². The van der Waals surface area contributed by atoms with Gasteiger partial charge in [0.1, 0.15) is 5.82 Å². The van der Waals surface area contributed by atoms with Gasteiger partial charge in [-0.25, -0.2) is 4.98 Å². The van der Waals surface area contributed by atoms with E-state index >= 15 is 0 Å². The lowest BCUT2D eigenvalue weighted by atomic mass is 10.2. The van der Waals surface area contributed by atoms with Gasteiger partial charge >= 0.3 is 0 Å². The molecule has 1 aromatic heterocycles. The van der Waals surface area contributed by atoms with Gasteiger partial charge in [-0.1, -0.05) is 0 Å². The molecule has 0 unspecified atom stereocenters. The summed E-state index contributed by atoms with van der Waals surface area (Å²) in [4.78, 5) is 6.32. The Morgan fingerprint density at radius 2 is 2.20 bits per heavy atom. The summed E-state index contributed by atoms with van der Waals surface area (Å²) >= 11 is 0. The summed E-state index contributed by atoms with van der Waals surface area (Å²) in [6.45, 7) is 6.82. The van der Waals surface area contributed by atoms with Crippen LogP contribution in [0, 0.1) is 6.92 Å². The molecular weight excluding hydrogens is 190 g/mol. The SMILES string of the molecule is Cc1cc(N(CCO)C(C)C)ncc1N. The summed E-state index contributed by atoms with van der Waals surface area (Å²) in [5.74, 6) is 0.866. The summed E-state index contributed by atoms with van der Waals surface area (Å²) < 4.78 is 0. The molecule has 0 aliphatic rings. The topological polar surface area (TPSA) is 62.4 Å². The van der Waals surface area contributed by atoms with Crippen LogP contribution in [0.1, 0.15) is 19.4 Å². The summed E-state index contributed by atoms with van der Waals surface area (Å²) in [6.07, 6.45) is 1.66. The maximum absolute atomic E-state index is 8.98. The van der Waals surface area contributed by atoms with Crippen molar-refractivity contribution in [3.05, 3.63) is 17.8 Å². The highest BCUT2D eigenvalue weighted by atomic mass is 16.3. The second-order valence-corrected chi connectivity index (χ2v) is 3.91. The number of aliphatic hydroxyl groups is 1. The van der Waals surface area contributed by atoms with Crippen molar-refractivity contribution in [3.63, 3.8) is 0 Å². The molecule has 84 valence electrons. The average molecular weight is 209 g/mol. The molecule has 1 rings (SSSR count). The molecule has 0 atom stereocenters. The smallest absolute Gasteiger partial charge is 0.129 e. The molecule has 0 aromatic carbocycles. The van der Waals surface area contributed by atoms with E-state index in [1.54, 1.807) is 6.20 Å². The van der Waals surface area contributed by atoms with Gasteiger partial charge in [-0.2, -0.15) is 0 Å². The van der Waals surface area contributed by atoms with Gasteiger partial charge in [0.15, 0.2) is 0 Å². The Labute approximate surface area is 90.7 Å². The van der Waals surface area contributed by atoms with E-state index in [1.807, 2.05) is 17.9 Å². The van der Waals surface area contributed by atoms with Gasteiger partial charge in [-0.15, -0.1) is 0 Å². The van der Waals surface area contributed by atoms with E-state index in [0.717, 1.165) is 11.4 Å². The van der Waals surface area contributed by atoms with Crippen LogP contribution in [0.5, 0.6) is 0 Å². The molecular formula is C11H19N3O. The van der Waals surface area contributed by atoms with Gasteiger partial charge in [0.2, 0.25) is 0 Å². The molecule has 0 fully saturated rings. The first-order chi connectivity index (χ1) is 7.06. The number of rotatable bonds is 4. The van der Waals surface area contributed by atoms with Gasteiger partial charge in [0, 0.05) is 12.6 Å². The van der Waals surface area contributed by atoms with Gasteiger partial charge in [-0.3, -0.25) is 0 Å². The molecule has 1 heterocycles. The molecule has 0 aliphatic carbocycles. The monoisotopic (exact) mass is 209 g/mol. The molecule has 4 nitrogen and oxygen atoms in total. The van der Waals surface area contributed by atoms with E-state index in [1.165, 1.54) is 0 Å². The minimum atomic E-state index is 0.128. The highest BCUT2D eigenvalue weighted by Gasteiger charge is 2.11. The molecule has 4 heteroatoms. The van der Waals surface area contributed by atoms with Crippen LogP contribution in [0.3, 0.4) is 0 Å². The van der Waals surface area contributed by atoms with Crippen molar-refractivity contribution < 1.29 is 5.11 Å². The molecule has 3 N–H and O–H groups in total. The summed E-state index contributed by atoms with van der Waals surface area (Å²) in [5, 5.41) is 8.98. The van der Waals surface area contributed by atoms with E-state index in [-0.39, 0.29) is 6.61 Å². The summed E-state index contributed by atoms with van der Waals surface area (Å²) in [5.41, 5.74) is 7.43. The van der Waals surface area contributed by atoms with Gasteiger partial charge in [0.05, 0.1) is 18.5 Å². The number of anilines is 2. The first-order valence-corrected chi connectivity index (χ1v) is 5.16. The third-order valence-corrected chi connectivity index (χ3v) is 2.40. The zero-order chi connectivity index (χ0) is 11.4. The van der Waals surface area contributed by atoms with Crippen LogP contribution in [-0.4, -0.2) is 29.3 Å². The highest BCUT2D eigenvalue weighted by molar-refractivity contribution is 5.52. The number of pyridine rings is 1. The van der Waals surface area contributed by atoms with Gasteiger partial charge in [0.25, 0.3) is 0 Å². The zero-order valence-electron chi connectivity index (χ0n) is 9.57. The maximum Gasteiger partial charge on any atom is 0.129 e. The fourth-order valence-corrected chi connectivity index (χ4v) is 1.45. The molecule has 0 bridgehead atoms. The molecule has 0 amide bonds. The van der Waals surface area contributed by atoms with E-state index in [9.17, 15) is 0 Å². The fraction of sp³-hybridized carbons (Fsp3) is 0.545. The predicted octanol–water partition coefficient (Wildman–Crippen LogP) is 1.18. The molecule has 1 aromatic rings. The van der Waals surface area contributed by atoms with Crippen LogP contribution in [0.2, 0.25) is 0 Å². The van der Waals surface area contributed by atoms with Crippen molar-refractivity contribution in [1.29, 1.82) is 0 Å². The Morgan fingerprint density at radius 1 is 1.53 bits per heavy atom. The first kappa shape index (κ1) is 11.8. The lowest BCUT2D eigenvalue weighted by Gasteiger charge is -2.27. The normalized spacial score (nSPS) is 10.7. The third-order valence-electron chi connectivity index (χ3n) is 2.40. The number of nitrogens with zero attached hydrogens (tertiary/aromatic N) is 2. The van der Waals surface area contributed by atoms with Crippen LogP contribution in [0.4, 0.5) is 11.5 Å². The Bertz CT molecular complexity index is 326. The Balaban J connectivity index is 2.95. The van der Waals surface area contributed by atoms with Crippen LogP contribution < -0.4 is 10.6 Å². The standard InChI is InChI=1S/C11H19N3O/c1-8(2)14(4-5-15)11-6-9(3)10(12)7-13-11/h6-8,15H,4-5,12H2,1-3H3. The minimum absolute atomic E-state index is 0.128. The Kier molecular flexibility index (Phi) is 3.91. The van der Waals surface area contributed by atoms with Crippen molar-refractivity contribution in [2.24, 2.45) is 0 Å². The number of nitrogens with two attached hydrogens (primary N) is 1. The van der Waals surface area contributed by atoms with Crippen molar-refractivity contribution in [2.45, 2.75) is 26.8 Å². The number of hydrogen-bond donors (Lipinski definition) is 2. The molecule has 0 saturated heterocycles. The van der Waals surface area contributed by atoms with E-state index < -0.39 is 0 Å². The quantitative estimate of drug-likeness (QED) is 0.781. The van der Waals surface area contributed by atoms with Crippen LogP contribution >= 0.6 is 0 Å². The van der Waals surface area contributed by atoms with Crippen LogP contribution in [0.25, 0.3) is 0 Å². The van der Waals surface area contributed by atoms with Crippen LogP contribution in [-0.2, 0) is 0 Å². The molecule has 0 aliphatic heterocycles. The number of aryl methyl sites for hydroxylation is 1. The van der Waals surface area contributed by atoms with E-state index in [0.29, 0.717) is 18.3 Å². The highest BCUT2D eigenvalue weighted by Crippen LogP contribution is 2.18. The average Bonchev–Trinajstić information content (AvgIpc) is 2.18. The Morgan fingerprint density at radius 3 is 2.67 bits per heavy atom. The fourth-order valence-electron chi connectivity index (χ4n) is 1.45.